The van der Waals surface area contributed by atoms with Crippen molar-refractivity contribution in [3.05, 3.63) is 58.6 Å². The molecular weight excluding hydrogens is 444 g/mol. The molecule has 31 heavy (non-hydrogen) atoms. The molecule has 0 unspecified atom stereocenters. The molecule has 1 aliphatic rings. The quantitative estimate of drug-likeness (QED) is 0.607. The van der Waals surface area contributed by atoms with Crippen LogP contribution in [-0.4, -0.2) is 64.3 Å². The van der Waals surface area contributed by atoms with Crippen LogP contribution in [0.25, 0.3) is 0 Å². The predicted molar refractivity (Wildman–Crippen MR) is 117 cm³/mol. The fourth-order valence-corrected chi connectivity index (χ4v) is 4.56. The number of hydrogen-bond donors (Lipinski definition) is 1. The summed E-state index contributed by atoms with van der Waals surface area (Å²) in [6.45, 7) is 1.70. The van der Waals surface area contributed by atoms with Crippen molar-refractivity contribution in [2.45, 2.75) is 6.61 Å². The van der Waals surface area contributed by atoms with Crippen molar-refractivity contribution >= 4 is 27.5 Å². The van der Waals surface area contributed by atoms with E-state index in [0.29, 0.717) is 48.4 Å². The molecule has 0 saturated carbocycles. The van der Waals surface area contributed by atoms with Gasteiger partial charge in [0.1, 0.15) is 6.61 Å². The molecule has 1 amide bonds. The Balaban J connectivity index is 1.57. The zero-order chi connectivity index (χ0) is 22.3. The number of carbonyl (C=O) groups excluding carboxylic acids is 1. The number of amides is 1. The van der Waals surface area contributed by atoms with E-state index in [9.17, 15) is 13.2 Å². The highest BCUT2D eigenvalue weighted by Gasteiger charge is 2.24. The van der Waals surface area contributed by atoms with Crippen LogP contribution in [0.2, 0.25) is 5.02 Å². The Kier molecular flexibility index (Phi) is 8.14. The number of nitrogens with one attached hydrogen (secondary N) is 1. The Morgan fingerprint density at radius 2 is 1.90 bits per heavy atom. The normalized spacial score (nSPS) is 14.8. The highest BCUT2D eigenvalue weighted by molar-refractivity contribution is 7.89. The average Bonchev–Trinajstić information content (AvgIpc) is 2.79. The molecule has 0 atom stereocenters. The van der Waals surface area contributed by atoms with Crippen molar-refractivity contribution in [3.63, 3.8) is 0 Å². The van der Waals surface area contributed by atoms with Gasteiger partial charge in [-0.25, -0.2) is 8.42 Å². The monoisotopic (exact) mass is 468 g/mol. The number of benzene rings is 2. The Bertz CT molecular complexity index is 1010. The maximum Gasteiger partial charge on any atom is 0.251 e. The van der Waals surface area contributed by atoms with Crippen LogP contribution < -0.4 is 14.8 Å². The van der Waals surface area contributed by atoms with Gasteiger partial charge < -0.3 is 19.5 Å². The topological polar surface area (TPSA) is 94.2 Å². The largest absolute Gasteiger partial charge is 0.493 e. The Morgan fingerprint density at radius 1 is 1.16 bits per heavy atom. The number of methoxy groups -OCH3 is 1. The van der Waals surface area contributed by atoms with Gasteiger partial charge in [0.05, 0.1) is 26.1 Å². The standard InChI is InChI=1S/C21H25ClN2O6S/c1-28-20-14-16(6-7-19(20)30-15-17-4-2-3-5-18(17)22)21(25)23-8-13-31(26,27)24-9-11-29-12-10-24/h2-7,14H,8-13,15H2,1H3,(H,23,25). The van der Waals surface area contributed by atoms with E-state index in [0.717, 1.165) is 5.56 Å². The molecule has 0 bridgehead atoms. The summed E-state index contributed by atoms with van der Waals surface area (Å²) in [5, 5.41) is 3.24. The van der Waals surface area contributed by atoms with E-state index in [2.05, 4.69) is 5.32 Å². The molecule has 1 aliphatic heterocycles. The van der Waals surface area contributed by atoms with E-state index in [1.54, 1.807) is 24.3 Å². The number of carbonyl (C=O) groups is 1. The molecule has 0 spiro atoms. The fraction of sp³-hybridized carbons (Fsp3) is 0.381. The van der Waals surface area contributed by atoms with Crippen molar-refractivity contribution in [1.82, 2.24) is 9.62 Å². The molecule has 168 valence electrons. The first kappa shape index (κ1) is 23.3. The molecule has 8 nitrogen and oxygen atoms in total. The van der Waals surface area contributed by atoms with Crippen LogP contribution in [-0.2, 0) is 21.4 Å². The van der Waals surface area contributed by atoms with Gasteiger partial charge in [0, 0.05) is 35.8 Å². The van der Waals surface area contributed by atoms with Crippen LogP contribution in [0.4, 0.5) is 0 Å². The zero-order valence-electron chi connectivity index (χ0n) is 17.2. The van der Waals surface area contributed by atoms with Crippen molar-refractivity contribution in [2.24, 2.45) is 0 Å². The zero-order valence-corrected chi connectivity index (χ0v) is 18.7. The molecule has 10 heteroatoms. The average molecular weight is 469 g/mol. The molecule has 1 heterocycles. The summed E-state index contributed by atoms with van der Waals surface area (Å²) in [5.41, 5.74) is 1.17. The summed E-state index contributed by atoms with van der Waals surface area (Å²) in [6, 6.07) is 12.1. The van der Waals surface area contributed by atoms with Crippen LogP contribution in [0.5, 0.6) is 11.5 Å². The van der Waals surface area contributed by atoms with Crippen LogP contribution >= 0.6 is 11.6 Å². The summed E-state index contributed by atoms with van der Waals surface area (Å²) in [6.07, 6.45) is 0. The third kappa shape index (κ3) is 6.33. The molecule has 0 aromatic heterocycles. The number of morpholine rings is 1. The van der Waals surface area contributed by atoms with Gasteiger partial charge in [0.25, 0.3) is 5.91 Å². The van der Waals surface area contributed by atoms with Crippen molar-refractivity contribution < 1.29 is 27.4 Å². The molecule has 2 aromatic rings. The van der Waals surface area contributed by atoms with Crippen LogP contribution in [0.1, 0.15) is 15.9 Å². The smallest absolute Gasteiger partial charge is 0.251 e. The molecule has 0 aliphatic carbocycles. The SMILES string of the molecule is COc1cc(C(=O)NCCS(=O)(=O)N2CCOCC2)ccc1OCc1ccccc1Cl. The Hall–Kier alpha value is -2.33. The van der Waals surface area contributed by atoms with Gasteiger partial charge in [-0.15, -0.1) is 0 Å². The number of hydrogen-bond acceptors (Lipinski definition) is 6. The second kappa shape index (κ2) is 10.8. The maximum atomic E-state index is 12.5. The van der Waals surface area contributed by atoms with Crippen molar-refractivity contribution in [3.8, 4) is 11.5 Å². The van der Waals surface area contributed by atoms with Crippen LogP contribution in [0.15, 0.2) is 42.5 Å². The molecule has 1 N–H and O–H groups in total. The number of nitrogens with zero attached hydrogens (tertiary/aromatic N) is 1. The predicted octanol–water partition coefficient (Wildman–Crippen LogP) is 2.32. The molecule has 3 rings (SSSR count). The number of halogens is 1. The van der Waals surface area contributed by atoms with Crippen LogP contribution in [0.3, 0.4) is 0 Å². The van der Waals surface area contributed by atoms with Gasteiger partial charge >= 0.3 is 0 Å². The maximum absolute atomic E-state index is 12.5. The summed E-state index contributed by atoms with van der Waals surface area (Å²) >= 11 is 6.14. The molecule has 1 saturated heterocycles. The fourth-order valence-electron chi connectivity index (χ4n) is 3.05. The number of rotatable bonds is 9. The Labute approximate surface area is 187 Å². The molecule has 2 aromatic carbocycles. The third-order valence-electron chi connectivity index (χ3n) is 4.78. The molecular formula is C21H25ClN2O6S. The Morgan fingerprint density at radius 3 is 2.61 bits per heavy atom. The summed E-state index contributed by atoms with van der Waals surface area (Å²) in [5.74, 6) is 0.289. The van der Waals surface area contributed by atoms with E-state index in [4.69, 9.17) is 25.8 Å². The van der Waals surface area contributed by atoms with Gasteiger partial charge in [-0.05, 0) is 24.3 Å². The van der Waals surface area contributed by atoms with E-state index >= 15 is 0 Å². The lowest BCUT2D eigenvalue weighted by molar-refractivity contribution is 0.0730. The van der Waals surface area contributed by atoms with Crippen LogP contribution in [0, 0.1) is 0 Å². The van der Waals surface area contributed by atoms with Gasteiger partial charge in [0.2, 0.25) is 10.0 Å². The van der Waals surface area contributed by atoms with Crippen molar-refractivity contribution in [1.29, 1.82) is 0 Å². The molecule has 0 radical (unpaired) electrons. The summed E-state index contributed by atoms with van der Waals surface area (Å²) in [7, 11) is -1.95. The summed E-state index contributed by atoms with van der Waals surface area (Å²) < 4.78 is 42.4. The first-order chi connectivity index (χ1) is 14.9. The lowest BCUT2D eigenvalue weighted by atomic mass is 10.2. The molecule has 1 fully saturated rings. The summed E-state index contributed by atoms with van der Waals surface area (Å²) in [4.78, 5) is 12.5. The van der Waals surface area contributed by atoms with Gasteiger partial charge in [-0.1, -0.05) is 29.8 Å². The van der Waals surface area contributed by atoms with Gasteiger partial charge in [-0.2, -0.15) is 4.31 Å². The minimum Gasteiger partial charge on any atom is -0.493 e. The first-order valence-corrected chi connectivity index (χ1v) is 11.8. The first-order valence-electron chi connectivity index (χ1n) is 9.79. The minimum absolute atomic E-state index is 0.00555. The minimum atomic E-state index is -3.43. The second-order valence-corrected chi connectivity index (χ2v) is 9.32. The lowest BCUT2D eigenvalue weighted by Gasteiger charge is -2.26. The van der Waals surface area contributed by atoms with Crippen molar-refractivity contribution in [2.75, 3.05) is 45.7 Å². The number of ether oxygens (including phenoxy) is 3. The highest BCUT2D eigenvalue weighted by atomic mass is 35.5. The van der Waals surface area contributed by atoms with Gasteiger partial charge in [0.15, 0.2) is 11.5 Å². The van der Waals surface area contributed by atoms with E-state index in [1.807, 2.05) is 18.2 Å². The van der Waals surface area contributed by atoms with E-state index < -0.39 is 15.9 Å². The highest BCUT2D eigenvalue weighted by Crippen LogP contribution is 2.29. The van der Waals surface area contributed by atoms with Gasteiger partial charge in [-0.3, -0.25) is 4.79 Å². The third-order valence-corrected chi connectivity index (χ3v) is 7.02. The van der Waals surface area contributed by atoms with E-state index in [1.165, 1.54) is 11.4 Å². The van der Waals surface area contributed by atoms with E-state index in [-0.39, 0.29) is 18.9 Å². The second-order valence-electron chi connectivity index (χ2n) is 6.83. The lowest BCUT2D eigenvalue weighted by Crippen LogP contribution is -2.43. The number of sulfonamides is 1.